The lowest BCUT2D eigenvalue weighted by atomic mass is 10.2. The number of aromatic nitrogens is 2. The number of nitrogens with zero attached hydrogens (tertiary/aromatic N) is 2. The van der Waals surface area contributed by atoms with Gasteiger partial charge in [0, 0.05) is 18.8 Å². The van der Waals surface area contributed by atoms with Gasteiger partial charge in [-0.25, -0.2) is 0 Å². The molecule has 0 atom stereocenters. The second-order valence-electron chi connectivity index (χ2n) is 5.03. The smallest absolute Gasteiger partial charge is 0.118 e. The maximum Gasteiger partial charge on any atom is 0.118 e. The molecule has 20 heavy (non-hydrogen) atoms. The molecule has 4 nitrogen and oxygen atoms in total. The minimum absolute atomic E-state index is 0.890. The van der Waals surface area contributed by atoms with Crippen LogP contribution in [0.4, 0.5) is 0 Å². The molecular weight excluding hydrogens is 250 g/mol. The van der Waals surface area contributed by atoms with E-state index < -0.39 is 0 Å². The van der Waals surface area contributed by atoms with Crippen molar-refractivity contribution in [1.82, 2.24) is 15.1 Å². The van der Waals surface area contributed by atoms with Gasteiger partial charge in [-0.3, -0.25) is 4.68 Å². The van der Waals surface area contributed by atoms with Gasteiger partial charge in [0.1, 0.15) is 5.75 Å². The van der Waals surface area contributed by atoms with Gasteiger partial charge in [-0.15, -0.1) is 0 Å². The van der Waals surface area contributed by atoms with Crippen molar-refractivity contribution in [3.05, 3.63) is 47.3 Å². The molecule has 0 fully saturated rings. The van der Waals surface area contributed by atoms with Gasteiger partial charge in [-0.05, 0) is 50.6 Å². The number of hydrogen-bond acceptors (Lipinski definition) is 3. The van der Waals surface area contributed by atoms with Crippen molar-refractivity contribution < 1.29 is 4.74 Å². The van der Waals surface area contributed by atoms with E-state index in [0.29, 0.717) is 0 Å². The van der Waals surface area contributed by atoms with Gasteiger partial charge in [0.05, 0.1) is 12.8 Å². The first-order valence-corrected chi connectivity index (χ1v) is 7.04. The van der Waals surface area contributed by atoms with Crippen LogP contribution in [0.3, 0.4) is 0 Å². The molecule has 1 aromatic carbocycles. The maximum absolute atomic E-state index is 5.14. The summed E-state index contributed by atoms with van der Waals surface area (Å²) in [7, 11) is 1.69. The Morgan fingerprint density at radius 1 is 1.20 bits per heavy atom. The summed E-state index contributed by atoms with van der Waals surface area (Å²) < 4.78 is 7.22. The molecule has 0 aliphatic carbocycles. The standard InChI is InChI=1S/C16H23N3O/c1-13-11-14(2)19(18-13)10-4-9-17-12-15-5-7-16(20-3)8-6-15/h5-8,11,17H,4,9-10,12H2,1-3H3. The van der Waals surface area contributed by atoms with Gasteiger partial charge in [0.25, 0.3) is 0 Å². The zero-order valence-corrected chi connectivity index (χ0v) is 12.5. The molecular formula is C16H23N3O. The fourth-order valence-corrected chi connectivity index (χ4v) is 2.23. The lowest BCUT2D eigenvalue weighted by Gasteiger charge is -2.07. The third-order valence-electron chi connectivity index (χ3n) is 3.32. The Bertz CT molecular complexity index is 531. The van der Waals surface area contributed by atoms with E-state index in [4.69, 9.17) is 4.74 Å². The third-order valence-corrected chi connectivity index (χ3v) is 3.32. The van der Waals surface area contributed by atoms with E-state index in [1.165, 1.54) is 11.3 Å². The molecule has 2 rings (SSSR count). The summed E-state index contributed by atoms with van der Waals surface area (Å²) in [6, 6.07) is 10.3. The molecule has 0 aliphatic rings. The second-order valence-corrected chi connectivity index (χ2v) is 5.03. The molecule has 4 heteroatoms. The third kappa shape index (κ3) is 4.10. The summed E-state index contributed by atoms with van der Waals surface area (Å²) >= 11 is 0. The highest BCUT2D eigenvalue weighted by molar-refractivity contribution is 5.26. The molecule has 2 aromatic rings. The summed E-state index contributed by atoms with van der Waals surface area (Å²) in [5.41, 5.74) is 3.60. The van der Waals surface area contributed by atoms with Crippen LogP contribution in [-0.2, 0) is 13.1 Å². The van der Waals surface area contributed by atoms with E-state index in [1.54, 1.807) is 7.11 Å². The van der Waals surface area contributed by atoms with E-state index in [1.807, 2.05) is 19.1 Å². The topological polar surface area (TPSA) is 39.1 Å². The number of nitrogens with one attached hydrogen (secondary N) is 1. The van der Waals surface area contributed by atoms with Crippen LogP contribution in [0.25, 0.3) is 0 Å². The van der Waals surface area contributed by atoms with Crippen molar-refractivity contribution in [3.63, 3.8) is 0 Å². The lowest BCUT2D eigenvalue weighted by molar-refractivity contribution is 0.414. The van der Waals surface area contributed by atoms with Gasteiger partial charge in [-0.2, -0.15) is 5.10 Å². The quantitative estimate of drug-likeness (QED) is 0.788. The van der Waals surface area contributed by atoms with Gasteiger partial charge >= 0.3 is 0 Å². The van der Waals surface area contributed by atoms with Crippen molar-refractivity contribution in [1.29, 1.82) is 0 Å². The van der Waals surface area contributed by atoms with Gasteiger partial charge < -0.3 is 10.1 Å². The first kappa shape index (κ1) is 14.6. The minimum Gasteiger partial charge on any atom is -0.497 e. The summed E-state index contributed by atoms with van der Waals surface area (Å²) in [4.78, 5) is 0. The number of rotatable bonds is 7. The Morgan fingerprint density at radius 3 is 2.55 bits per heavy atom. The first-order valence-electron chi connectivity index (χ1n) is 7.04. The number of benzene rings is 1. The fourth-order valence-electron chi connectivity index (χ4n) is 2.23. The Balaban J connectivity index is 1.67. The molecule has 0 radical (unpaired) electrons. The zero-order valence-electron chi connectivity index (χ0n) is 12.5. The Kier molecular flexibility index (Phi) is 5.18. The Morgan fingerprint density at radius 2 is 1.95 bits per heavy atom. The van der Waals surface area contributed by atoms with Crippen molar-refractivity contribution in [2.24, 2.45) is 0 Å². The van der Waals surface area contributed by atoms with Crippen LogP contribution >= 0.6 is 0 Å². The van der Waals surface area contributed by atoms with E-state index in [0.717, 1.165) is 37.5 Å². The molecule has 0 saturated carbocycles. The average Bonchev–Trinajstić information content (AvgIpc) is 2.77. The van der Waals surface area contributed by atoms with E-state index >= 15 is 0 Å². The number of aryl methyl sites for hydroxylation is 3. The summed E-state index contributed by atoms with van der Waals surface area (Å²) in [5, 5.41) is 7.91. The molecule has 0 bridgehead atoms. The molecule has 0 aliphatic heterocycles. The van der Waals surface area contributed by atoms with Crippen LogP contribution in [0.5, 0.6) is 5.75 Å². The van der Waals surface area contributed by atoms with Crippen LogP contribution < -0.4 is 10.1 Å². The van der Waals surface area contributed by atoms with E-state index in [9.17, 15) is 0 Å². The number of ether oxygens (including phenoxy) is 1. The van der Waals surface area contributed by atoms with Gasteiger partial charge in [-0.1, -0.05) is 12.1 Å². The normalized spacial score (nSPS) is 10.8. The van der Waals surface area contributed by atoms with Crippen molar-refractivity contribution in [3.8, 4) is 5.75 Å². The van der Waals surface area contributed by atoms with E-state index in [2.05, 4.69) is 40.2 Å². The Labute approximate surface area is 120 Å². The minimum atomic E-state index is 0.890. The van der Waals surface area contributed by atoms with Crippen LogP contribution in [0.15, 0.2) is 30.3 Å². The van der Waals surface area contributed by atoms with Crippen molar-refractivity contribution in [2.45, 2.75) is 33.4 Å². The molecule has 0 spiro atoms. The van der Waals surface area contributed by atoms with Gasteiger partial charge in [0.2, 0.25) is 0 Å². The maximum atomic E-state index is 5.14. The average molecular weight is 273 g/mol. The summed E-state index contributed by atoms with van der Waals surface area (Å²) in [6.07, 6.45) is 1.08. The number of hydrogen-bond donors (Lipinski definition) is 1. The highest BCUT2D eigenvalue weighted by Gasteiger charge is 2.00. The summed E-state index contributed by atoms with van der Waals surface area (Å²) in [6.45, 7) is 6.98. The molecule has 0 unspecified atom stereocenters. The van der Waals surface area contributed by atoms with Crippen molar-refractivity contribution in [2.75, 3.05) is 13.7 Å². The monoisotopic (exact) mass is 273 g/mol. The van der Waals surface area contributed by atoms with Gasteiger partial charge in [0.15, 0.2) is 0 Å². The zero-order chi connectivity index (χ0) is 14.4. The first-order chi connectivity index (χ1) is 9.69. The van der Waals surface area contributed by atoms with Crippen LogP contribution in [0, 0.1) is 13.8 Å². The highest BCUT2D eigenvalue weighted by atomic mass is 16.5. The predicted octanol–water partition coefficient (Wildman–Crippen LogP) is 2.69. The van der Waals surface area contributed by atoms with Crippen LogP contribution in [0.1, 0.15) is 23.4 Å². The fraction of sp³-hybridized carbons (Fsp3) is 0.438. The SMILES string of the molecule is COc1ccc(CNCCCn2nc(C)cc2C)cc1. The van der Waals surface area contributed by atoms with E-state index in [-0.39, 0.29) is 0 Å². The summed E-state index contributed by atoms with van der Waals surface area (Å²) in [5.74, 6) is 0.901. The molecule has 0 amide bonds. The molecule has 108 valence electrons. The van der Waals surface area contributed by atoms with Crippen LogP contribution in [-0.4, -0.2) is 23.4 Å². The Hall–Kier alpha value is -1.81. The molecule has 1 aromatic heterocycles. The predicted molar refractivity (Wildman–Crippen MR) is 81.0 cm³/mol. The highest BCUT2D eigenvalue weighted by Crippen LogP contribution is 2.10. The van der Waals surface area contributed by atoms with Crippen molar-refractivity contribution >= 4 is 0 Å². The largest absolute Gasteiger partial charge is 0.497 e. The second kappa shape index (κ2) is 7.10. The molecule has 0 saturated heterocycles. The number of methoxy groups -OCH3 is 1. The van der Waals surface area contributed by atoms with Crippen LogP contribution in [0.2, 0.25) is 0 Å². The molecule has 1 heterocycles. The molecule has 1 N–H and O–H groups in total. The lowest BCUT2D eigenvalue weighted by Crippen LogP contribution is -2.17.